The van der Waals surface area contributed by atoms with E-state index < -0.39 is 0 Å². The largest absolute Gasteiger partial charge is 0.361 e. The maximum absolute atomic E-state index is 5.06. The summed E-state index contributed by atoms with van der Waals surface area (Å²) in [5, 5.41) is 3.95. The van der Waals surface area contributed by atoms with Crippen LogP contribution in [0.5, 0.6) is 0 Å². The molecule has 0 saturated heterocycles. The molecule has 0 bridgehead atoms. The van der Waals surface area contributed by atoms with Crippen LogP contribution in [-0.4, -0.2) is 10.1 Å². The summed E-state index contributed by atoms with van der Waals surface area (Å²) in [6.45, 7) is 3.88. The third-order valence-corrected chi connectivity index (χ3v) is 2.06. The van der Waals surface area contributed by atoms with Crippen molar-refractivity contribution >= 4 is 0 Å². The van der Waals surface area contributed by atoms with Crippen molar-refractivity contribution in [2.45, 2.75) is 13.8 Å². The molecular formula is C10H10N2O. The average molecular weight is 174 g/mol. The Morgan fingerprint density at radius 3 is 2.62 bits per heavy atom. The second-order valence-electron chi connectivity index (χ2n) is 2.93. The molecule has 2 rings (SSSR count). The second kappa shape index (κ2) is 3.01. The molecule has 3 nitrogen and oxygen atoms in total. The van der Waals surface area contributed by atoms with Crippen LogP contribution in [0.2, 0.25) is 0 Å². The zero-order valence-corrected chi connectivity index (χ0v) is 7.61. The standard InChI is InChI=1S/C10H10N2O/c1-7-8(2)13-12-10(7)9-5-3-4-6-11-9/h3-6H,1-2H3. The Morgan fingerprint density at radius 1 is 1.23 bits per heavy atom. The summed E-state index contributed by atoms with van der Waals surface area (Å²) >= 11 is 0. The molecule has 0 aliphatic rings. The molecule has 66 valence electrons. The minimum atomic E-state index is 0.832. The average Bonchev–Trinajstić information content (AvgIpc) is 2.49. The highest BCUT2D eigenvalue weighted by molar-refractivity contribution is 5.58. The lowest BCUT2D eigenvalue weighted by atomic mass is 10.1. The molecule has 3 heteroatoms. The van der Waals surface area contributed by atoms with Gasteiger partial charge >= 0.3 is 0 Å². The van der Waals surface area contributed by atoms with Gasteiger partial charge in [-0.3, -0.25) is 4.98 Å². The molecule has 0 aliphatic heterocycles. The van der Waals surface area contributed by atoms with E-state index in [1.165, 1.54) is 0 Å². The lowest BCUT2D eigenvalue weighted by molar-refractivity contribution is 0.398. The Hall–Kier alpha value is -1.64. The first-order valence-corrected chi connectivity index (χ1v) is 4.13. The highest BCUT2D eigenvalue weighted by Gasteiger charge is 2.10. The van der Waals surface area contributed by atoms with Crippen molar-refractivity contribution in [3.63, 3.8) is 0 Å². The summed E-state index contributed by atoms with van der Waals surface area (Å²) in [5.74, 6) is 0.848. The van der Waals surface area contributed by atoms with Gasteiger partial charge in [0.15, 0.2) is 0 Å². The van der Waals surface area contributed by atoms with Crippen molar-refractivity contribution in [1.29, 1.82) is 0 Å². The molecule has 0 radical (unpaired) electrons. The summed E-state index contributed by atoms with van der Waals surface area (Å²) in [5.41, 5.74) is 2.74. The Labute approximate surface area is 76.4 Å². The van der Waals surface area contributed by atoms with Crippen molar-refractivity contribution in [1.82, 2.24) is 10.1 Å². The van der Waals surface area contributed by atoms with Crippen LogP contribution >= 0.6 is 0 Å². The summed E-state index contributed by atoms with van der Waals surface area (Å²) in [4.78, 5) is 4.20. The minimum absolute atomic E-state index is 0.832. The molecule has 13 heavy (non-hydrogen) atoms. The van der Waals surface area contributed by atoms with Crippen molar-refractivity contribution in [2.75, 3.05) is 0 Å². The van der Waals surface area contributed by atoms with E-state index in [1.807, 2.05) is 32.0 Å². The van der Waals surface area contributed by atoms with Gasteiger partial charge in [-0.2, -0.15) is 0 Å². The normalized spacial score (nSPS) is 10.3. The fourth-order valence-electron chi connectivity index (χ4n) is 1.16. The van der Waals surface area contributed by atoms with E-state index in [1.54, 1.807) is 6.20 Å². The van der Waals surface area contributed by atoms with Gasteiger partial charge in [0.2, 0.25) is 0 Å². The van der Waals surface area contributed by atoms with Crippen molar-refractivity contribution in [3.05, 3.63) is 35.7 Å². The molecule has 2 aromatic heterocycles. The molecule has 0 aromatic carbocycles. The van der Waals surface area contributed by atoms with Crippen LogP contribution in [0.3, 0.4) is 0 Å². The van der Waals surface area contributed by atoms with Gasteiger partial charge in [-0.05, 0) is 26.0 Å². The van der Waals surface area contributed by atoms with Gasteiger partial charge < -0.3 is 4.52 Å². The number of pyridine rings is 1. The number of hydrogen-bond acceptors (Lipinski definition) is 3. The van der Waals surface area contributed by atoms with Gasteiger partial charge in [-0.1, -0.05) is 11.2 Å². The van der Waals surface area contributed by atoms with Gasteiger partial charge in [-0.25, -0.2) is 0 Å². The topological polar surface area (TPSA) is 38.9 Å². The summed E-state index contributed by atoms with van der Waals surface area (Å²) in [6, 6.07) is 5.74. The molecular weight excluding hydrogens is 164 g/mol. The van der Waals surface area contributed by atoms with E-state index in [2.05, 4.69) is 10.1 Å². The zero-order valence-electron chi connectivity index (χ0n) is 7.61. The molecule has 0 amide bonds. The van der Waals surface area contributed by atoms with Crippen molar-refractivity contribution in [3.8, 4) is 11.4 Å². The fraction of sp³-hybridized carbons (Fsp3) is 0.200. The first-order chi connectivity index (χ1) is 6.29. The van der Waals surface area contributed by atoms with Crippen LogP contribution < -0.4 is 0 Å². The Bertz CT molecular complexity index is 406. The van der Waals surface area contributed by atoms with Crippen LogP contribution in [0.15, 0.2) is 28.9 Å². The van der Waals surface area contributed by atoms with Crippen LogP contribution in [0.4, 0.5) is 0 Å². The molecule has 0 fully saturated rings. The number of nitrogens with zero attached hydrogens (tertiary/aromatic N) is 2. The third kappa shape index (κ3) is 1.33. The van der Waals surface area contributed by atoms with Crippen molar-refractivity contribution in [2.24, 2.45) is 0 Å². The lowest BCUT2D eigenvalue weighted by Gasteiger charge is -1.94. The molecule has 0 unspecified atom stereocenters. The number of hydrogen-bond donors (Lipinski definition) is 0. The fourth-order valence-corrected chi connectivity index (χ4v) is 1.16. The van der Waals surface area contributed by atoms with Gasteiger partial charge in [0.25, 0.3) is 0 Å². The first kappa shape index (κ1) is 7.98. The highest BCUT2D eigenvalue weighted by atomic mass is 16.5. The Kier molecular flexibility index (Phi) is 1.85. The molecule has 0 aliphatic carbocycles. The van der Waals surface area contributed by atoms with E-state index >= 15 is 0 Å². The van der Waals surface area contributed by atoms with Gasteiger partial charge in [0.1, 0.15) is 11.5 Å². The maximum atomic E-state index is 5.06. The molecule has 0 N–H and O–H groups in total. The maximum Gasteiger partial charge on any atom is 0.137 e. The Balaban J connectivity index is 2.53. The van der Waals surface area contributed by atoms with E-state index in [4.69, 9.17) is 4.52 Å². The monoisotopic (exact) mass is 174 g/mol. The van der Waals surface area contributed by atoms with Gasteiger partial charge in [-0.15, -0.1) is 0 Å². The quantitative estimate of drug-likeness (QED) is 0.666. The summed E-state index contributed by atoms with van der Waals surface area (Å²) < 4.78 is 5.06. The second-order valence-corrected chi connectivity index (χ2v) is 2.93. The minimum Gasteiger partial charge on any atom is -0.361 e. The first-order valence-electron chi connectivity index (χ1n) is 4.13. The summed E-state index contributed by atoms with van der Waals surface area (Å²) in [6.07, 6.45) is 1.75. The molecule has 0 atom stereocenters. The number of aryl methyl sites for hydroxylation is 1. The van der Waals surface area contributed by atoms with Crippen LogP contribution in [0.1, 0.15) is 11.3 Å². The van der Waals surface area contributed by atoms with E-state index in [0.29, 0.717) is 0 Å². The zero-order chi connectivity index (χ0) is 9.26. The molecule has 2 heterocycles. The van der Waals surface area contributed by atoms with Crippen molar-refractivity contribution < 1.29 is 4.52 Å². The van der Waals surface area contributed by atoms with E-state index in [0.717, 1.165) is 22.7 Å². The predicted octanol–water partition coefficient (Wildman–Crippen LogP) is 2.35. The van der Waals surface area contributed by atoms with Crippen LogP contribution in [0, 0.1) is 13.8 Å². The summed E-state index contributed by atoms with van der Waals surface area (Å²) in [7, 11) is 0. The third-order valence-electron chi connectivity index (χ3n) is 2.06. The molecule has 0 saturated carbocycles. The predicted molar refractivity (Wildman–Crippen MR) is 49.2 cm³/mol. The SMILES string of the molecule is Cc1onc(-c2ccccn2)c1C. The number of rotatable bonds is 1. The van der Waals surface area contributed by atoms with Gasteiger partial charge in [0.05, 0.1) is 5.69 Å². The Morgan fingerprint density at radius 2 is 2.08 bits per heavy atom. The lowest BCUT2D eigenvalue weighted by Crippen LogP contribution is -1.84. The smallest absolute Gasteiger partial charge is 0.137 e. The molecule has 0 spiro atoms. The van der Waals surface area contributed by atoms with E-state index in [9.17, 15) is 0 Å². The van der Waals surface area contributed by atoms with E-state index in [-0.39, 0.29) is 0 Å². The van der Waals surface area contributed by atoms with Crippen LogP contribution in [-0.2, 0) is 0 Å². The van der Waals surface area contributed by atoms with Gasteiger partial charge in [0, 0.05) is 11.8 Å². The highest BCUT2D eigenvalue weighted by Crippen LogP contribution is 2.21. The molecule has 2 aromatic rings. The number of aromatic nitrogens is 2. The van der Waals surface area contributed by atoms with Crippen LogP contribution in [0.25, 0.3) is 11.4 Å².